The standard InChI is InChI=1S/C26H42N4O6S/c1-15(2)20(13-21(36-17(5)31)24-27-18(14-37-24)26(34)35-8)30(7)25(33)22(16(3)4)28-23(32)19-11-9-10-12-29(19)6/h14-16,19-22H,9-13H2,1-8H3,(H,28,32)/t19-,20?,21-,22+/m1/s1. The number of thiazole rings is 1. The van der Waals surface area contributed by atoms with E-state index in [2.05, 4.69) is 10.3 Å². The number of hydrogen-bond acceptors (Lipinski definition) is 9. The molecule has 11 heteroatoms. The van der Waals surface area contributed by atoms with Crippen LogP contribution in [0.15, 0.2) is 5.38 Å². The van der Waals surface area contributed by atoms with Crippen LogP contribution in [0, 0.1) is 11.8 Å². The summed E-state index contributed by atoms with van der Waals surface area (Å²) in [5, 5.41) is 5.03. The third kappa shape index (κ3) is 8.23. The molecule has 208 valence electrons. The van der Waals surface area contributed by atoms with E-state index in [1.807, 2.05) is 39.6 Å². The average molecular weight is 539 g/mol. The van der Waals surface area contributed by atoms with Crippen molar-refractivity contribution in [1.29, 1.82) is 0 Å². The van der Waals surface area contributed by atoms with Crippen LogP contribution in [-0.2, 0) is 23.9 Å². The molecule has 1 aliphatic heterocycles. The summed E-state index contributed by atoms with van der Waals surface area (Å²) in [5.74, 6) is -1.49. The van der Waals surface area contributed by atoms with Crippen molar-refractivity contribution in [2.24, 2.45) is 11.8 Å². The minimum absolute atomic E-state index is 0.0139. The van der Waals surface area contributed by atoms with Crippen molar-refractivity contribution in [3.8, 4) is 0 Å². The van der Waals surface area contributed by atoms with Gasteiger partial charge in [-0.3, -0.25) is 19.3 Å². The van der Waals surface area contributed by atoms with Crippen LogP contribution >= 0.6 is 11.3 Å². The van der Waals surface area contributed by atoms with Crippen molar-refractivity contribution in [3.63, 3.8) is 0 Å². The average Bonchev–Trinajstić information content (AvgIpc) is 3.33. The van der Waals surface area contributed by atoms with E-state index in [4.69, 9.17) is 9.47 Å². The van der Waals surface area contributed by atoms with E-state index in [0.29, 0.717) is 5.01 Å². The minimum atomic E-state index is -0.744. The minimum Gasteiger partial charge on any atom is -0.464 e. The van der Waals surface area contributed by atoms with Gasteiger partial charge in [-0.2, -0.15) is 0 Å². The smallest absolute Gasteiger partial charge is 0.357 e. The Morgan fingerprint density at radius 3 is 2.41 bits per heavy atom. The second-order valence-corrected chi connectivity index (χ2v) is 11.3. The Kier molecular flexibility index (Phi) is 11.5. The number of aromatic nitrogens is 1. The maximum Gasteiger partial charge on any atom is 0.357 e. The third-order valence-corrected chi connectivity index (χ3v) is 7.81. The molecule has 2 amide bonds. The second-order valence-electron chi connectivity index (χ2n) is 10.4. The summed E-state index contributed by atoms with van der Waals surface area (Å²) in [4.78, 5) is 58.6. The van der Waals surface area contributed by atoms with E-state index < -0.39 is 24.1 Å². The van der Waals surface area contributed by atoms with Crippen LogP contribution in [0.5, 0.6) is 0 Å². The van der Waals surface area contributed by atoms with Crippen molar-refractivity contribution in [3.05, 3.63) is 16.1 Å². The van der Waals surface area contributed by atoms with Crippen molar-refractivity contribution < 1.29 is 28.7 Å². The molecule has 1 aromatic rings. The van der Waals surface area contributed by atoms with Crippen molar-refractivity contribution in [2.75, 3.05) is 27.7 Å². The van der Waals surface area contributed by atoms with E-state index in [1.165, 1.54) is 25.4 Å². The zero-order valence-electron chi connectivity index (χ0n) is 23.3. The molecule has 1 aliphatic rings. The number of esters is 2. The lowest BCUT2D eigenvalue weighted by Crippen LogP contribution is -2.57. The number of ether oxygens (including phenoxy) is 2. The Morgan fingerprint density at radius 1 is 1.19 bits per heavy atom. The van der Waals surface area contributed by atoms with E-state index in [1.54, 1.807) is 17.3 Å². The predicted octanol–water partition coefficient (Wildman–Crippen LogP) is 3.03. The van der Waals surface area contributed by atoms with Crippen LogP contribution in [0.1, 0.15) is 81.9 Å². The molecule has 2 heterocycles. The molecule has 4 atom stereocenters. The zero-order valence-corrected chi connectivity index (χ0v) is 24.1. The topological polar surface area (TPSA) is 118 Å². The molecule has 1 saturated heterocycles. The predicted molar refractivity (Wildman–Crippen MR) is 141 cm³/mol. The molecule has 10 nitrogen and oxygen atoms in total. The first-order valence-corrected chi connectivity index (χ1v) is 13.7. The largest absolute Gasteiger partial charge is 0.464 e. The van der Waals surface area contributed by atoms with Gasteiger partial charge in [0.15, 0.2) is 11.8 Å². The fraction of sp³-hybridized carbons (Fsp3) is 0.731. The van der Waals surface area contributed by atoms with Gasteiger partial charge in [0.1, 0.15) is 11.0 Å². The molecule has 1 unspecified atom stereocenters. The van der Waals surface area contributed by atoms with Gasteiger partial charge >= 0.3 is 11.9 Å². The number of rotatable bonds is 11. The molecule has 0 radical (unpaired) electrons. The molecule has 1 aromatic heterocycles. The molecule has 1 N–H and O–H groups in total. The van der Waals surface area contributed by atoms with Crippen LogP contribution in [0.2, 0.25) is 0 Å². The summed E-state index contributed by atoms with van der Waals surface area (Å²) in [6, 6.07) is -1.25. The number of likely N-dealkylation sites (tertiary alicyclic amines) is 1. The number of likely N-dealkylation sites (N-methyl/N-ethyl adjacent to an activating group) is 2. The molecule has 0 aromatic carbocycles. The molecule has 0 bridgehead atoms. The van der Waals surface area contributed by atoms with Gasteiger partial charge in [-0.1, -0.05) is 34.1 Å². The number of nitrogens with one attached hydrogen (secondary N) is 1. The van der Waals surface area contributed by atoms with Crippen LogP contribution in [0.3, 0.4) is 0 Å². The normalized spacial score (nSPS) is 18.7. The fourth-order valence-electron chi connectivity index (χ4n) is 4.68. The second kappa shape index (κ2) is 13.9. The number of carbonyl (C=O) groups is 4. The maximum absolute atomic E-state index is 13.7. The third-order valence-electron chi connectivity index (χ3n) is 6.87. The highest BCUT2D eigenvalue weighted by Gasteiger charge is 2.36. The fourth-order valence-corrected chi connectivity index (χ4v) is 5.51. The molecule has 0 spiro atoms. The number of carbonyl (C=O) groups excluding carboxylic acids is 4. The van der Waals surface area contributed by atoms with Gasteiger partial charge < -0.3 is 19.7 Å². The molecule has 1 fully saturated rings. The highest BCUT2D eigenvalue weighted by Crippen LogP contribution is 2.31. The quantitative estimate of drug-likeness (QED) is 0.427. The number of piperidine rings is 1. The van der Waals surface area contributed by atoms with Crippen LogP contribution in [0.25, 0.3) is 0 Å². The molecule has 0 aliphatic carbocycles. The van der Waals surface area contributed by atoms with E-state index in [-0.39, 0.29) is 47.8 Å². The number of methoxy groups -OCH3 is 1. The first kappa shape index (κ1) is 30.7. The molecule has 37 heavy (non-hydrogen) atoms. The van der Waals surface area contributed by atoms with Gasteiger partial charge in [-0.15, -0.1) is 11.3 Å². The number of nitrogens with zero attached hydrogens (tertiary/aromatic N) is 3. The lowest BCUT2D eigenvalue weighted by Gasteiger charge is -2.37. The van der Waals surface area contributed by atoms with Gasteiger partial charge in [0.2, 0.25) is 11.8 Å². The van der Waals surface area contributed by atoms with Gasteiger partial charge in [0.05, 0.1) is 13.2 Å². The van der Waals surface area contributed by atoms with Crippen molar-refractivity contribution in [1.82, 2.24) is 20.1 Å². The van der Waals surface area contributed by atoms with E-state index in [9.17, 15) is 19.2 Å². The molecule has 2 rings (SSSR count). The Morgan fingerprint density at radius 2 is 1.86 bits per heavy atom. The zero-order chi connectivity index (χ0) is 27.9. The lowest BCUT2D eigenvalue weighted by atomic mass is 9.94. The summed E-state index contributed by atoms with van der Waals surface area (Å²) in [7, 11) is 4.93. The lowest BCUT2D eigenvalue weighted by molar-refractivity contribution is -0.149. The van der Waals surface area contributed by atoms with Crippen LogP contribution in [-0.4, -0.2) is 84.4 Å². The Hall–Kier alpha value is -2.53. The van der Waals surface area contributed by atoms with Crippen molar-refractivity contribution in [2.45, 2.75) is 84.5 Å². The van der Waals surface area contributed by atoms with E-state index in [0.717, 1.165) is 25.8 Å². The Labute approximate surface area is 224 Å². The highest BCUT2D eigenvalue weighted by molar-refractivity contribution is 7.09. The Bertz CT molecular complexity index is 949. The van der Waals surface area contributed by atoms with Crippen molar-refractivity contribution >= 4 is 35.1 Å². The van der Waals surface area contributed by atoms with E-state index >= 15 is 0 Å². The molecular formula is C26H42N4O6S. The van der Waals surface area contributed by atoms with Gasteiger partial charge in [-0.05, 0) is 38.3 Å². The summed E-state index contributed by atoms with van der Waals surface area (Å²) in [6.45, 7) is 9.98. The summed E-state index contributed by atoms with van der Waals surface area (Å²) >= 11 is 1.20. The van der Waals surface area contributed by atoms with Gasteiger partial charge in [0.25, 0.3) is 0 Å². The number of hydrogen-bond donors (Lipinski definition) is 1. The molecule has 0 saturated carbocycles. The highest BCUT2D eigenvalue weighted by atomic mass is 32.1. The summed E-state index contributed by atoms with van der Waals surface area (Å²) in [5.41, 5.74) is 0.139. The summed E-state index contributed by atoms with van der Waals surface area (Å²) in [6.07, 6.45) is 2.38. The van der Waals surface area contributed by atoms with Crippen LogP contribution in [0.4, 0.5) is 0 Å². The van der Waals surface area contributed by atoms with Crippen LogP contribution < -0.4 is 5.32 Å². The maximum atomic E-state index is 13.7. The first-order valence-electron chi connectivity index (χ1n) is 12.9. The first-order chi connectivity index (χ1) is 17.4. The monoisotopic (exact) mass is 538 g/mol. The number of amides is 2. The van der Waals surface area contributed by atoms with Gasteiger partial charge in [0, 0.05) is 31.8 Å². The molecular weight excluding hydrogens is 496 g/mol. The SMILES string of the molecule is COC(=O)c1csc([C@@H](CC(C(C)C)N(C)C(=O)[C@@H](NC(=O)[C@H]2CCCCN2C)C(C)C)OC(C)=O)n1. The Balaban J connectivity index is 2.24. The summed E-state index contributed by atoms with van der Waals surface area (Å²) < 4.78 is 10.3. The van der Waals surface area contributed by atoms with Gasteiger partial charge in [-0.25, -0.2) is 9.78 Å².